The molecule has 16 atom stereocenters. The van der Waals surface area contributed by atoms with E-state index in [1.807, 2.05) is 27.7 Å². The van der Waals surface area contributed by atoms with Crippen LogP contribution in [0.1, 0.15) is 172 Å². The van der Waals surface area contributed by atoms with Crippen LogP contribution in [0.4, 0.5) is 0 Å². The van der Waals surface area contributed by atoms with Crippen LogP contribution in [-0.4, -0.2) is 114 Å². The smallest absolute Gasteiger partial charge is 0.333 e. The lowest BCUT2D eigenvalue weighted by Gasteiger charge is -2.41. The number of Topliss-reactive ketones (excluding diaryl/α,β-unsaturated/α-hetero) is 4. The highest BCUT2D eigenvalue weighted by Gasteiger charge is 2.50. The van der Waals surface area contributed by atoms with E-state index < -0.39 is 65.7 Å². The Kier molecular flexibility index (Phi) is 25.3. The Labute approximate surface area is 414 Å². The summed E-state index contributed by atoms with van der Waals surface area (Å²) >= 11 is 0. The van der Waals surface area contributed by atoms with Crippen molar-refractivity contribution in [3.05, 3.63) is 34.9 Å². The van der Waals surface area contributed by atoms with Gasteiger partial charge in [-0.25, -0.2) is 4.79 Å². The van der Waals surface area contributed by atoms with Crippen LogP contribution in [-0.2, 0) is 47.7 Å². The number of hydrogen-bond acceptors (Lipinski definition) is 13. The minimum absolute atomic E-state index is 0.119. The van der Waals surface area contributed by atoms with E-state index in [9.17, 15) is 39.3 Å². The summed E-state index contributed by atoms with van der Waals surface area (Å²) in [6.07, 6.45) is 8.30. The average Bonchev–Trinajstić information content (AvgIpc) is 3.29. The molecule has 3 N–H and O–H groups in total. The monoisotopic (exact) mass is 973 g/mol. The van der Waals surface area contributed by atoms with Crippen LogP contribution in [0.5, 0.6) is 0 Å². The minimum atomic E-state index is -2.34. The molecular formula is C56H92O13. The quantitative estimate of drug-likeness (QED) is 0.0652. The number of allylic oxidation sites excluding steroid dienone is 3. The Morgan fingerprint density at radius 2 is 1.49 bits per heavy atom. The van der Waals surface area contributed by atoms with Crippen molar-refractivity contribution in [2.24, 2.45) is 47.3 Å². The van der Waals surface area contributed by atoms with Gasteiger partial charge in [-0.1, -0.05) is 86.5 Å². The molecular weight excluding hydrogens is 881 g/mol. The summed E-state index contributed by atoms with van der Waals surface area (Å²) in [6.45, 7) is 19.4. The summed E-state index contributed by atoms with van der Waals surface area (Å²) in [7, 11) is 4.61. The Bertz CT molecular complexity index is 1770. The van der Waals surface area contributed by atoms with Gasteiger partial charge in [-0.15, -0.1) is 0 Å². The molecule has 3 aliphatic rings. The van der Waals surface area contributed by atoms with Crippen molar-refractivity contribution in [2.75, 3.05) is 21.3 Å². The zero-order valence-corrected chi connectivity index (χ0v) is 44.6. The Balaban J connectivity index is 2.04. The van der Waals surface area contributed by atoms with Gasteiger partial charge in [0.2, 0.25) is 11.6 Å². The third kappa shape index (κ3) is 18.0. The summed E-state index contributed by atoms with van der Waals surface area (Å²) < 4.78 is 29.6. The normalized spacial score (nSPS) is 39.2. The molecule has 0 aromatic heterocycles. The second-order valence-electron chi connectivity index (χ2n) is 21.8. The molecule has 0 aromatic carbocycles. The molecule has 13 heteroatoms. The van der Waals surface area contributed by atoms with Crippen LogP contribution < -0.4 is 0 Å². The first-order valence-electron chi connectivity index (χ1n) is 26.2. The number of esters is 1. The molecule has 0 spiro atoms. The summed E-state index contributed by atoms with van der Waals surface area (Å²) in [4.78, 5) is 70.1. The fraction of sp³-hybridized carbons (Fsp3) is 0.804. The highest BCUT2D eigenvalue weighted by molar-refractivity contribution is 6.39. The van der Waals surface area contributed by atoms with Crippen LogP contribution in [0, 0.1) is 47.3 Å². The van der Waals surface area contributed by atoms with Gasteiger partial charge in [0.1, 0.15) is 24.1 Å². The third-order valence-electron chi connectivity index (χ3n) is 15.5. The lowest BCUT2D eigenvalue weighted by Crippen LogP contribution is -2.55. The van der Waals surface area contributed by atoms with Crippen molar-refractivity contribution >= 4 is 29.1 Å². The van der Waals surface area contributed by atoms with Crippen molar-refractivity contribution in [3.63, 3.8) is 0 Å². The topological polar surface area (TPSA) is 192 Å². The SMILES string of the molecule is CCCC/C=C1\CCC(=O)C(=O)C2(O)OC(CCC2C)CC(OC)/C(C)=C\C(C)CC(C)CC(C)CC(C)C(=O)C(OC)C(O)/C(C)=C\C(C)C(=O)CC(C(C)CC2CCC(O)C(OC)C2)OC1=O. The molecule has 0 radical (unpaired) electrons. The van der Waals surface area contributed by atoms with Crippen molar-refractivity contribution in [1.82, 2.24) is 0 Å². The van der Waals surface area contributed by atoms with Gasteiger partial charge in [0.05, 0.1) is 24.4 Å². The maximum atomic E-state index is 14.3. The maximum absolute atomic E-state index is 14.3. The number of aliphatic hydroxyl groups is 3. The average molecular weight is 973 g/mol. The van der Waals surface area contributed by atoms with Crippen molar-refractivity contribution in [1.29, 1.82) is 0 Å². The fourth-order valence-corrected chi connectivity index (χ4v) is 11.2. The second kappa shape index (κ2) is 29.0. The zero-order valence-electron chi connectivity index (χ0n) is 44.6. The van der Waals surface area contributed by atoms with Gasteiger partial charge in [-0.05, 0) is 125 Å². The van der Waals surface area contributed by atoms with Gasteiger partial charge in [-0.2, -0.15) is 0 Å². The lowest BCUT2D eigenvalue weighted by molar-refractivity contribution is -0.264. The molecule has 394 valence electrons. The van der Waals surface area contributed by atoms with E-state index in [1.165, 1.54) is 7.11 Å². The van der Waals surface area contributed by atoms with Gasteiger partial charge in [0.15, 0.2) is 5.78 Å². The zero-order chi connectivity index (χ0) is 51.7. The van der Waals surface area contributed by atoms with E-state index in [2.05, 4.69) is 26.8 Å². The number of cyclic esters (lactones) is 1. The maximum Gasteiger partial charge on any atom is 0.333 e. The molecule has 0 amide bonds. The van der Waals surface area contributed by atoms with E-state index in [0.717, 1.165) is 37.7 Å². The van der Waals surface area contributed by atoms with Crippen LogP contribution in [0.15, 0.2) is 34.9 Å². The van der Waals surface area contributed by atoms with Crippen molar-refractivity contribution in [2.45, 2.75) is 220 Å². The number of ketones is 4. The van der Waals surface area contributed by atoms with E-state index in [1.54, 1.807) is 47.1 Å². The van der Waals surface area contributed by atoms with Crippen molar-refractivity contribution in [3.8, 4) is 0 Å². The number of ether oxygens (including phenoxy) is 5. The molecule has 2 bridgehead atoms. The Morgan fingerprint density at radius 3 is 2.13 bits per heavy atom. The first-order chi connectivity index (χ1) is 32.5. The highest BCUT2D eigenvalue weighted by Crippen LogP contribution is 2.38. The summed E-state index contributed by atoms with van der Waals surface area (Å²) in [6, 6.07) is 0. The van der Waals surface area contributed by atoms with Gasteiger partial charge in [0.25, 0.3) is 5.78 Å². The molecule has 1 aliphatic carbocycles. The first-order valence-corrected chi connectivity index (χ1v) is 26.2. The first kappa shape index (κ1) is 60.4. The summed E-state index contributed by atoms with van der Waals surface area (Å²) in [5.41, 5.74) is 1.62. The van der Waals surface area contributed by atoms with Gasteiger partial charge < -0.3 is 39.0 Å². The predicted octanol–water partition coefficient (Wildman–Crippen LogP) is 9.21. The molecule has 1 saturated heterocycles. The minimum Gasteiger partial charge on any atom is -0.458 e. The molecule has 16 unspecified atom stereocenters. The van der Waals surface area contributed by atoms with E-state index in [4.69, 9.17) is 23.7 Å². The number of carbonyl (C=O) groups excluding carboxylic acids is 5. The predicted molar refractivity (Wildman–Crippen MR) is 267 cm³/mol. The molecule has 2 heterocycles. The fourth-order valence-electron chi connectivity index (χ4n) is 11.2. The summed E-state index contributed by atoms with van der Waals surface area (Å²) in [5.74, 6) is -6.53. The third-order valence-corrected chi connectivity index (χ3v) is 15.5. The van der Waals surface area contributed by atoms with Crippen LogP contribution >= 0.6 is 0 Å². The number of fused-ring (bicyclic) bond motifs is 2. The Morgan fingerprint density at radius 1 is 0.812 bits per heavy atom. The molecule has 0 aromatic rings. The number of methoxy groups -OCH3 is 3. The summed E-state index contributed by atoms with van der Waals surface area (Å²) in [5, 5.41) is 33.9. The van der Waals surface area contributed by atoms with Gasteiger partial charge >= 0.3 is 5.97 Å². The highest BCUT2D eigenvalue weighted by atomic mass is 16.6. The van der Waals surface area contributed by atoms with Crippen molar-refractivity contribution < 1.29 is 63.0 Å². The van der Waals surface area contributed by atoms with Gasteiger partial charge in [-0.3, -0.25) is 19.2 Å². The number of carbonyl (C=O) groups is 5. The molecule has 69 heavy (non-hydrogen) atoms. The van der Waals surface area contributed by atoms with E-state index in [0.29, 0.717) is 62.9 Å². The standard InChI is InChI=1S/C56H92O13/c1-14-15-16-17-43-20-23-46(58)54(62)56(64)41(10)18-21-44(69-56)31-48(65-11)37(6)26-34(3)24-33(2)25-35(4)27-39(8)51(60)53(67-13)52(61)40(9)28-36(5)47(59)32-49(68-55(43)63)38(7)29-42-19-22-45(57)50(30-42)66-12/h17,26,28,33-36,38-39,41-42,44-45,48-50,52-53,57,61,64H,14-16,18-25,27,29-32H2,1-13H3/b37-26-,40-28-,43-17+. The van der Waals surface area contributed by atoms with E-state index >= 15 is 0 Å². The second-order valence-corrected chi connectivity index (χ2v) is 21.8. The largest absolute Gasteiger partial charge is 0.458 e. The number of rotatable bonds is 9. The molecule has 13 nitrogen and oxygen atoms in total. The van der Waals surface area contributed by atoms with Gasteiger partial charge in [0, 0.05) is 63.9 Å². The van der Waals surface area contributed by atoms with E-state index in [-0.39, 0.29) is 78.2 Å². The molecule has 2 aliphatic heterocycles. The van der Waals surface area contributed by atoms with Crippen LogP contribution in [0.25, 0.3) is 0 Å². The van der Waals surface area contributed by atoms with Crippen LogP contribution in [0.3, 0.4) is 0 Å². The number of hydrogen-bond donors (Lipinski definition) is 3. The Hall–Kier alpha value is -2.91. The molecule has 2 fully saturated rings. The number of aliphatic hydroxyl groups excluding tert-OH is 2. The van der Waals surface area contributed by atoms with Crippen LogP contribution in [0.2, 0.25) is 0 Å². The molecule has 3 rings (SSSR count). The molecule has 1 saturated carbocycles. The lowest BCUT2D eigenvalue weighted by atomic mass is 9.78. The number of unbranched alkanes of at least 4 members (excludes halogenated alkanes) is 2.